The molecule has 0 aromatic carbocycles. The van der Waals surface area contributed by atoms with Gasteiger partial charge in [-0.05, 0) is 12.8 Å². The molecule has 0 aromatic rings. The zero-order chi connectivity index (χ0) is 13.8. The lowest BCUT2D eigenvalue weighted by molar-refractivity contribution is -0.122. The fourth-order valence-corrected chi connectivity index (χ4v) is 2.26. The maximum atomic E-state index is 11.6. The minimum Gasteiger partial charge on any atom is -0.355 e. The summed E-state index contributed by atoms with van der Waals surface area (Å²) in [4.78, 5) is 11.6. The van der Waals surface area contributed by atoms with Gasteiger partial charge in [-0.15, -0.1) is 0 Å². The molecule has 4 nitrogen and oxygen atoms in total. The lowest BCUT2D eigenvalue weighted by atomic mass is 10.1. The van der Waals surface area contributed by atoms with Crippen LogP contribution >= 0.6 is 0 Å². The Hall–Kier alpha value is -0.420. The Bertz CT molecular complexity index is 247. The molecule has 0 heterocycles. The Kier molecular flexibility index (Phi) is 11.4. The number of rotatable bonds is 11. The summed E-state index contributed by atoms with van der Waals surface area (Å²) in [5.74, 6) is 0.375. The first-order chi connectivity index (χ1) is 8.57. The minimum atomic E-state index is -0.875. The molecule has 0 radical (unpaired) electrons. The first kappa shape index (κ1) is 17.6. The van der Waals surface area contributed by atoms with E-state index in [1.165, 1.54) is 25.7 Å². The molecule has 0 saturated heterocycles. The van der Waals surface area contributed by atoms with Crippen molar-refractivity contribution in [3.8, 4) is 0 Å². The van der Waals surface area contributed by atoms with Gasteiger partial charge in [-0.1, -0.05) is 39.0 Å². The summed E-state index contributed by atoms with van der Waals surface area (Å²) < 4.78 is 10.9. The molecule has 0 bridgehead atoms. The monoisotopic (exact) mass is 276 g/mol. The smallest absolute Gasteiger partial charge is 0.236 e. The summed E-state index contributed by atoms with van der Waals surface area (Å²) in [5.41, 5.74) is 5.70. The Labute approximate surface area is 114 Å². The molecule has 5 heteroatoms. The van der Waals surface area contributed by atoms with Crippen LogP contribution in [0.1, 0.15) is 51.9 Å². The van der Waals surface area contributed by atoms with Crippen molar-refractivity contribution >= 4 is 16.7 Å². The van der Waals surface area contributed by atoms with E-state index in [4.69, 9.17) is 5.73 Å². The SMILES string of the molecule is CCCCCCCCNC(=O)C(N)CCS(C)=O. The normalized spacial score (nSPS) is 14.2. The van der Waals surface area contributed by atoms with E-state index in [0.717, 1.165) is 12.8 Å². The average molecular weight is 276 g/mol. The van der Waals surface area contributed by atoms with Crippen molar-refractivity contribution in [2.75, 3.05) is 18.6 Å². The second-order valence-corrected chi connectivity index (χ2v) is 6.29. The predicted octanol–water partition coefficient (Wildman–Crippen LogP) is 1.56. The van der Waals surface area contributed by atoms with Crippen LogP contribution in [0.25, 0.3) is 0 Å². The number of nitrogens with one attached hydrogen (secondary N) is 1. The van der Waals surface area contributed by atoms with Gasteiger partial charge in [0.05, 0.1) is 6.04 Å². The largest absolute Gasteiger partial charge is 0.355 e. The molecule has 0 rings (SSSR count). The number of amides is 1. The van der Waals surface area contributed by atoms with Crippen molar-refractivity contribution in [2.24, 2.45) is 5.73 Å². The second kappa shape index (κ2) is 11.7. The maximum Gasteiger partial charge on any atom is 0.236 e. The third-order valence-electron chi connectivity index (χ3n) is 2.88. The van der Waals surface area contributed by atoms with Crippen LogP contribution < -0.4 is 11.1 Å². The Morgan fingerprint density at radius 2 is 1.83 bits per heavy atom. The number of unbranched alkanes of at least 4 members (excludes halogenated alkanes) is 5. The van der Waals surface area contributed by atoms with Gasteiger partial charge in [-0.2, -0.15) is 0 Å². The molecule has 0 aliphatic carbocycles. The Balaban J connectivity index is 3.43. The molecule has 18 heavy (non-hydrogen) atoms. The molecule has 3 N–H and O–H groups in total. The lowest BCUT2D eigenvalue weighted by Crippen LogP contribution is -2.41. The van der Waals surface area contributed by atoms with Crippen LogP contribution in [0.15, 0.2) is 0 Å². The summed E-state index contributed by atoms with van der Waals surface area (Å²) in [5, 5.41) is 2.83. The van der Waals surface area contributed by atoms with Gasteiger partial charge in [0, 0.05) is 29.4 Å². The van der Waals surface area contributed by atoms with Crippen molar-refractivity contribution < 1.29 is 9.00 Å². The predicted molar refractivity (Wildman–Crippen MR) is 77.9 cm³/mol. The van der Waals surface area contributed by atoms with E-state index in [0.29, 0.717) is 18.7 Å². The van der Waals surface area contributed by atoms with Crippen molar-refractivity contribution in [3.05, 3.63) is 0 Å². The molecular weight excluding hydrogens is 248 g/mol. The van der Waals surface area contributed by atoms with Gasteiger partial charge in [0.2, 0.25) is 5.91 Å². The van der Waals surface area contributed by atoms with Crippen LogP contribution in [-0.4, -0.2) is 34.7 Å². The van der Waals surface area contributed by atoms with Crippen LogP contribution in [0.4, 0.5) is 0 Å². The summed E-state index contributed by atoms with van der Waals surface area (Å²) in [6.07, 6.45) is 9.37. The van der Waals surface area contributed by atoms with Crippen molar-refractivity contribution in [1.82, 2.24) is 5.32 Å². The fraction of sp³-hybridized carbons (Fsp3) is 0.923. The Morgan fingerprint density at radius 1 is 1.22 bits per heavy atom. The van der Waals surface area contributed by atoms with Crippen molar-refractivity contribution in [3.63, 3.8) is 0 Å². The van der Waals surface area contributed by atoms with Gasteiger partial charge in [-0.25, -0.2) is 0 Å². The van der Waals surface area contributed by atoms with Crippen LogP contribution in [0, 0.1) is 0 Å². The van der Waals surface area contributed by atoms with Gasteiger partial charge in [0.1, 0.15) is 0 Å². The molecule has 0 spiro atoms. The molecule has 0 aliphatic rings. The molecule has 0 saturated carbocycles. The molecule has 108 valence electrons. The number of hydrogen-bond acceptors (Lipinski definition) is 3. The molecule has 2 atom stereocenters. The minimum absolute atomic E-state index is 0.117. The number of carbonyl (C=O) groups excluding carboxylic acids is 1. The summed E-state index contributed by atoms with van der Waals surface area (Å²) in [7, 11) is -0.875. The molecule has 0 aliphatic heterocycles. The van der Waals surface area contributed by atoms with Gasteiger partial charge in [-0.3, -0.25) is 9.00 Å². The van der Waals surface area contributed by atoms with E-state index in [-0.39, 0.29) is 5.91 Å². The average Bonchev–Trinajstić information content (AvgIpc) is 2.34. The van der Waals surface area contributed by atoms with E-state index < -0.39 is 16.8 Å². The van der Waals surface area contributed by atoms with Gasteiger partial charge in [0.15, 0.2) is 0 Å². The van der Waals surface area contributed by atoms with E-state index in [1.807, 2.05) is 0 Å². The van der Waals surface area contributed by atoms with E-state index >= 15 is 0 Å². The zero-order valence-electron chi connectivity index (χ0n) is 11.7. The van der Waals surface area contributed by atoms with Gasteiger partial charge >= 0.3 is 0 Å². The lowest BCUT2D eigenvalue weighted by Gasteiger charge is -2.11. The standard InChI is InChI=1S/C13H28N2O2S/c1-3-4-5-6-7-8-10-15-13(16)12(14)9-11-18(2)17/h12H,3-11,14H2,1-2H3,(H,15,16). The maximum absolute atomic E-state index is 11.6. The van der Waals surface area contributed by atoms with Crippen molar-refractivity contribution in [2.45, 2.75) is 57.9 Å². The van der Waals surface area contributed by atoms with Crippen LogP contribution in [0.3, 0.4) is 0 Å². The quantitative estimate of drug-likeness (QED) is 0.563. The van der Waals surface area contributed by atoms with Crippen LogP contribution in [0.2, 0.25) is 0 Å². The number of carbonyl (C=O) groups is 1. The Morgan fingerprint density at radius 3 is 2.44 bits per heavy atom. The highest BCUT2D eigenvalue weighted by Crippen LogP contribution is 2.04. The van der Waals surface area contributed by atoms with Crippen molar-refractivity contribution in [1.29, 1.82) is 0 Å². The third-order valence-corrected chi connectivity index (χ3v) is 3.69. The fourth-order valence-electron chi connectivity index (χ4n) is 1.67. The molecular formula is C13H28N2O2S. The van der Waals surface area contributed by atoms with E-state index in [9.17, 15) is 9.00 Å². The first-order valence-electron chi connectivity index (χ1n) is 6.91. The van der Waals surface area contributed by atoms with Crippen LogP contribution in [-0.2, 0) is 15.6 Å². The molecule has 0 fully saturated rings. The van der Waals surface area contributed by atoms with E-state index in [1.54, 1.807) is 6.26 Å². The summed E-state index contributed by atoms with van der Waals surface area (Å²) in [6, 6.07) is -0.519. The highest BCUT2D eigenvalue weighted by atomic mass is 32.2. The topological polar surface area (TPSA) is 72.2 Å². The molecule has 0 aromatic heterocycles. The van der Waals surface area contributed by atoms with Gasteiger partial charge < -0.3 is 11.1 Å². The second-order valence-electron chi connectivity index (χ2n) is 4.73. The first-order valence-corrected chi connectivity index (χ1v) is 8.64. The highest BCUT2D eigenvalue weighted by molar-refractivity contribution is 7.84. The highest BCUT2D eigenvalue weighted by Gasteiger charge is 2.12. The summed E-state index contributed by atoms with van der Waals surface area (Å²) >= 11 is 0. The van der Waals surface area contributed by atoms with E-state index in [2.05, 4.69) is 12.2 Å². The zero-order valence-corrected chi connectivity index (χ0v) is 12.6. The summed E-state index contributed by atoms with van der Waals surface area (Å²) in [6.45, 7) is 2.90. The third kappa shape index (κ3) is 10.7. The molecule has 1 amide bonds. The number of nitrogens with two attached hydrogens (primary N) is 1. The van der Waals surface area contributed by atoms with Crippen LogP contribution in [0.5, 0.6) is 0 Å². The number of hydrogen-bond donors (Lipinski definition) is 2. The van der Waals surface area contributed by atoms with Gasteiger partial charge in [0.25, 0.3) is 0 Å². The molecule has 2 unspecified atom stereocenters.